The molecule has 7 heteroatoms. The lowest BCUT2D eigenvalue weighted by molar-refractivity contribution is -0.137. The third-order valence-electron chi connectivity index (χ3n) is 2.16. The fourth-order valence-electron chi connectivity index (χ4n) is 1.27. The Bertz CT molecular complexity index is 585. The summed E-state index contributed by atoms with van der Waals surface area (Å²) in [5.41, 5.74) is -0.863. The maximum Gasteiger partial charge on any atom is 0.417 e. The lowest BCUT2D eigenvalue weighted by Crippen LogP contribution is -2.05. The van der Waals surface area contributed by atoms with Crippen molar-refractivity contribution in [3.8, 4) is 0 Å². The van der Waals surface area contributed by atoms with Crippen LogP contribution in [0.4, 0.5) is 13.2 Å². The van der Waals surface area contributed by atoms with E-state index < -0.39 is 11.7 Å². The minimum Gasteiger partial charge on any atom is -0.247 e. The first kappa shape index (κ1) is 14.5. The van der Waals surface area contributed by atoms with Crippen LogP contribution < -0.4 is 0 Å². The molecule has 1 heterocycles. The molecular weight excluding hydrogens is 318 g/mol. The van der Waals surface area contributed by atoms with E-state index in [-0.39, 0.29) is 5.02 Å². The third-order valence-corrected chi connectivity index (χ3v) is 3.84. The van der Waals surface area contributed by atoms with Crippen LogP contribution in [0.25, 0.3) is 0 Å². The summed E-state index contributed by atoms with van der Waals surface area (Å²) in [6.07, 6.45) is -3.68. The predicted octanol–water partition coefficient (Wildman–Crippen LogP) is 5.56. The van der Waals surface area contributed by atoms with Gasteiger partial charge in [-0.15, -0.1) is 0 Å². The third kappa shape index (κ3) is 3.78. The van der Waals surface area contributed by atoms with Crippen LogP contribution in [0.2, 0.25) is 10.0 Å². The summed E-state index contributed by atoms with van der Waals surface area (Å²) >= 11 is 12.7. The van der Waals surface area contributed by atoms with Gasteiger partial charge in [-0.1, -0.05) is 35.0 Å². The molecule has 100 valence electrons. The number of aromatic nitrogens is 1. The van der Waals surface area contributed by atoms with Gasteiger partial charge in [-0.2, -0.15) is 13.2 Å². The van der Waals surface area contributed by atoms with Crippen molar-refractivity contribution in [1.82, 2.24) is 4.98 Å². The van der Waals surface area contributed by atoms with Crippen molar-refractivity contribution < 1.29 is 13.2 Å². The van der Waals surface area contributed by atoms with Crippen molar-refractivity contribution in [2.75, 3.05) is 0 Å². The molecule has 1 aromatic carbocycles. The average Bonchev–Trinajstić information content (AvgIpc) is 2.33. The molecule has 0 fully saturated rings. The van der Waals surface area contributed by atoms with E-state index in [0.29, 0.717) is 10.0 Å². The van der Waals surface area contributed by atoms with Gasteiger partial charge in [0.2, 0.25) is 0 Å². The Balaban J connectivity index is 2.24. The maximum absolute atomic E-state index is 12.5. The van der Waals surface area contributed by atoms with Crippen LogP contribution in [-0.2, 0) is 6.18 Å². The summed E-state index contributed by atoms with van der Waals surface area (Å²) in [5, 5.41) is 0.864. The molecule has 0 aliphatic rings. The van der Waals surface area contributed by atoms with Crippen molar-refractivity contribution in [1.29, 1.82) is 0 Å². The molecule has 0 amide bonds. The van der Waals surface area contributed by atoms with Gasteiger partial charge >= 0.3 is 6.18 Å². The van der Waals surface area contributed by atoms with Gasteiger partial charge in [-0.25, -0.2) is 4.98 Å². The Morgan fingerprint density at radius 1 is 1.05 bits per heavy atom. The number of hydrogen-bond donors (Lipinski definition) is 0. The molecule has 19 heavy (non-hydrogen) atoms. The number of halogens is 5. The molecule has 0 unspecified atom stereocenters. The van der Waals surface area contributed by atoms with Crippen molar-refractivity contribution >= 4 is 35.0 Å². The van der Waals surface area contributed by atoms with E-state index in [9.17, 15) is 13.2 Å². The minimum absolute atomic E-state index is 0.0326. The van der Waals surface area contributed by atoms with Gasteiger partial charge in [0.15, 0.2) is 0 Å². The van der Waals surface area contributed by atoms with Crippen LogP contribution in [0.3, 0.4) is 0 Å². The number of hydrogen-bond acceptors (Lipinski definition) is 2. The molecule has 0 aliphatic carbocycles. The largest absolute Gasteiger partial charge is 0.417 e. The smallest absolute Gasteiger partial charge is 0.247 e. The van der Waals surface area contributed by atoms with Crippen LogP contribution in [0.1, 0.15) is 5.56 Å². The molecule has 0 N–H and O–H groups in total. The van der Waals surface area contributed by atoms with Crippen molar-refractivity contribution in [2.24, 2.45) is 0 Å². The number of rotatable bonds is 2. The molecule has 1 aromatic heterocycles. The summed E-state index contributed by atoms with van der Waals surface area (Å²) in [6, 6.07) is 7.71. The van der Waals surface area contributed by atoms with Crippen LogP contribution in [-0.4, -0.2) is 4.98 Å². The quantitative estimate of drug-likeness (QED) is 0.717. The first-order valence-electron chi connectivity index (χ1n) is 5.02. The topological polar surface area (TPSA) is 12.9 Å². The van der Waals surface area contributed by atoms with E-state index >= 15 is 0 Å². The Hall–Kier alpha value is -0.910. The van der Waals surface area contributed by atoms with E-state index in [1.54, 1.807) is 24.3 Å². The van der Waals surface area contributed by atoms with E-state index in [0.717, 1.165) is 17.2 Å². The van der Waals surface area contributed by atoms with Gasteiger partial charge in [-0.05, 0) is 30.3 Å². The summed E-state index contributed by atoms with van der Waals surface area (Å²) in [4.78, 5) is 4.53. The van der Waals surface area contributed by atoms with Crippen LogP contribution in [0.15, 0.2) is 46.5 Å². The molecule has 2 rings (SSSR count). The van der Waals surface area contributed by atoms with E-state index in [1.165, 1.54) is 11.8 Å². The lowest BCUT2D eigenvalue weighted by atomic mass is 10.3. The van der Waals surface area contributed by atoms with E-state index in [4.69, 9.17) is 23.2 Å². The van der Waals surface area contributed by atoms with Crippen LogP contribution >= 0.6 is 35.0 Å². The zero-order valence-corrected chi connectivity index (χ0v) is 11.5. The number of pyridine rings is 1. The van der Waals surface area contributed by atoms with Gasteiger partial charge in [0.25, 0.3) is 0 Å². The zero-order chi connectivity index (χ0) is 14.0. The van der Waals surface area contributed by atoms with Crippen molar-refractivity contribution in [3.63, 3.8) is 0 Å². The molecule has 2 aromatic rings. The second-order valence-corrected chi connectivity index (χ2v) is 5.47. The first-order chi connectivity index (χ1) is 8.86. The maximum atomic E-state index is 12.5. The predicted molar refractivity (Wildman–Crippen MR) is 69.8 cm³/mol. The summed E-state index contributed by atoms with van der Waals surface area (Å²) in [6.45, 7) is 0. The normalized spacial score (nSPS) is 11.6. The lowest BCUT2D eigenvalue weighted by Gasteiger charge is -2.08. The Labute approximate surface area is 121 Å². The van der Waals surface area contributed by atoms with Crippen LogP contribution in [0.5, 0.6) is 0 Å². The molecule has 0 saturated heterocycles. The molecule has 0 bridgehead atoms. The highest BCUT2D eigenvalue weighted by molar-refractivity contribution is 7.99. The van der Waals surface area contributed by atoms with Crippen LogP contribution in [0, 0.1) is 0 Å². The van der Waals surface area contributed by atoms with Gasteiger partial charge in [0, 0.05) is 16.1 Å². The SMILES string of the molecule is FC(F)(F)c1cnc(Sc2ccc(Cl)cc2)c(Cl)c1. The molecular formula is C12H6Cl2F3NS. The molecule has 1 nitrogen and oxygen atoms in total. The molecule has 0 saturated carbocycles. The van der Waals surface area contributed by atoms with Gasteiger partial charge in [-0.3, -0.25) is 0 Å². The summed E-state index contributed by atoms with van der Waals surface area (Å²) in [5.74, 6) is 0. The van der Waals surface area contributed by atoms with E-state index in [2.05, 4.69) is 4.98 Å². The highest BCUT2D eigenvalue weighted by Crippen LogP contribution is 2.36. The van der Waals surface area contributed by atoms with Crippen molar-refractivity contribution in [3.05, 3.63) is 52.1 Å². The minimum atomic E-state index is -4.44. The molecule has 0 atom stereocenters. The van der Waals surface area contributed by atoms with Gasteiger partial charge in [0.05, 0.1) is 10.6 Å². The standard InChI is InChI=1S/C12H6Cl2F3NS/c13-8-1-3-9(4-2-8)19-11-10(14)5-7(6-18-11)12(15,16)17/h1-6H. The molecule has 0 radical (unpaired) electrons. The highest BCUT2D eigenvalue weighted by Gasteiger charge is 2.31. The number of benzene rings is 1. The van der Waals surface area contributed by atoms with Crippen molar-refractivity contribution in [2.45, 2.75) is 16.1 Å². The molecule has 0 aliphatic heterocycles. The second-order valence-electron chi connectivity index (χ2n) is 3.56. The summed E-state index contributed by atoms with van der Waals surface area (Å²) < 4.78 is 37.4. The fourth-order valence-corrected chi connectivity index (χ4v) is 2.44. The first-order valence-corrected chi connectivity index (χ1v) is 6.59. The fraction of sp³-hybridized carbons (Fsp3) is 0.0833. The highest BCUT2D eigenvalue weighted by atomic mass is 35.5. The average molecular weight is 324 g/mol. The number of nitrogens with zero attached hydrogens (tertiary/aromatic N) is 1. The van der Waals surface area contributed by atoms with Gasteiger partial charge < -0.3 is 0 Å². The monoisotopic (exact) mass is 323 g/mol. The van der Waals surface area contributed by atoms with E-state index in [1.807, 2.05) is 0 Å². The van der Waals surface area contributed by atoms with Gasteiger partial charge in [0.1, 0.15) is 5.03 Å². The summed E-state index contributed by atoms with van der Waals surface area (Å²) in [7, 11) is 0. The Kier molecular flexibility index (Phi) is 4.28. The Morgan fingerprint density at radius 2 is 1.68 bits per heavy atom. The second kappa shape index (κ2) is 5.61. The Morgan fingerprint density at radius 3 is 2.21 bits per heavy atom. The zero-order valence-electron chi connectivity index (χ0n) is 9.21. The number of alkyl halides is 3. The molecule has 0 spiro atoms.